The molecule has 2 fully saturated rings. The van der Waals surface area contributed by atoms with Crippen LogP contribution in [0, 0.1) is 5.92 Å². The van der Waals surface area contributed by atoms with Crippen LogP contribution in [-0.2, 0) is 9.59 Å². The Kier molecular flexibility index (Phi) is 3.05. The second-order valence-electron chi connectivity index (χ2n) is 5.93. The standard InChI is InChI=1S/C13H20N4O4/c1-7(8(2)18)9(19)17-11(21)16(6)13(4)12(17,3)14-10(20)15(13)5/h7H,1-6H3,(H,14,20)/t7-,12+,13+/m0/s1. The Morgan fingerprint density at radius 3 is 2.14 bits per heavy atom. The Bertz CT molecular complexity index is 562. The average molecular weight is 296 g/mol. The molecule has 0 aliphatic carbocycles. The molecule has 0 saturated carbocycles. The summed E-state index contributed by atoms with van der Waals surface area (Å²) in [4.78, 5) is 52.2. The molecule has 0 spiro atoms. The van der Waals surface area contributed by atoms with Crippen molar-refractivity contribution in [1.82, 2.24) is 20.0 Å². The van der Waals surface area contributed by atoms with Crippen LogP contribution < -0.4 is 5.32 Å². The van der Waals surface area contributed by atoms with Gasteiger partial charge in [0.15, 0.2) is 11.3 Å². The highest BCUT2D eigenvalue weighted by Gasteiger charge is 2.71. The van der Waals surface area contributed by atoms with Crippen molar-refractivity contribution in [1.29, 1.82) is 0 Å². The average Bonchev–Trinajstić information content (AvgIpc) is 2.67. The molecule has 116 valence electrons. The van der Waals surface area contributed by atoms with Gasteiger partial charge in [0.1, 0.15) is 5.78 Å². The van der Waals surface area contributed by atoms with Crippen LogP contribution in [-0.4, -0.2) is 63.9 Å². The van der Waals surface area contributed by atoms with E-state index in [2.05, 4.69) is 5.32 Å². The van der Waals surface area contributed by atoms with Gasteiger partial charge in [-0.2, -0.15) is 0 Å². The van der Waals surface area contributed by atoms with Crippen LogP contribution >= 0.6 is 0 Å². The van der Waals surface area contributed by atoms with Gasteiger partial charge < -0.3 is 15.1 Å². The summed E-state index contributed by atoms with van der Waals surface area (Å²) in [5.41, 5.74) is -2.25. The van der Waals surface area contributed by atoms with Crippen LogP contribution in [0.3, 0.4) is 0 Å². The number of Topliss-reactive ketones (excluding diaryl/α,β-unsaturated/α-hetero) is 1. The number of nitrogens with one attached hydrogen (secondary N) is 1. The second-order valence-corrected chi connectivity index (χ2v) is 5.93. The third-order valence-electron chi connectivity index (χ3n) is 5.01. The zero-order valence-electron chi connectivity index (χ0n) is 13.1. The van der Waals surface area contributed by atoms with Gasteiger partial charge in [-0.1, -0.05) is 0 Å². The third-order valence-corrected chi connectivity index (χ3v) is 5.01. The third kappa shape index (κ3) is 1.55. The van der Waals surface area contributed by atoms with E-state index in [4.69, 9.17) is 0 Å². The lowest BCUT2D eigenvalue weighted by molar-refractivity contribution is -0.141. The van der Waals surface area contributed by atoms with Crippen molar-refractivity contribution < 1.29 is 19.2 Å². The van der Waals surface area contributed by atoms with Gasteiger partial charge in [-0.25, -0.2) is 14.5 Å². The van der Waals surface area contributed by atoms with E-state index in [1.165, 1.54) is 30.7 Å². The molecule has 0 aromatic heterocycles. The van der Waals surface area contributed by atoms with Crippen molar-refractivity contribution in [3.8, 4) is 0 Å². The number of rotatable bonds is 2. The topological polar surface area (TPSA) is 90.0 Å². The first-order valence-electron chi connectivity index (χ1n) is 6.68. The van der Waals surface area contributed by atoms with Gasteiger partial charge in [-0.15, -0.1) is 0 Å². The molecule has 0 radical (unpaired) electrons. The number of hydrogen-bond donors (Lipinski definition) is 1. The predicted octanol–water partition coefficient (Wildman–Crippen LogP) is 0.193. The molecule has 2 rings (SSSR count). The van der Waals surface area contributed by atoms with Crippen molar-refractivity contribution >= 4 is 23.8 Å². The maximum atomic E-state index is 12.5. The van der Waals surface area contributed by atoms with E-state index in [9.17, 15) is 19.2 Å². The lowest BCUT2D eigenvalue weighted by Crippen LogP contribution is -2.64. The maximum Gasteiger partial charge on any atom is 0.330 e. The van der Waals surface area contributed by atoms with Crippen LogP contribution in [0.25, 0.3) is 0 Å². The molecule has 2 saturated heterocycles. The molecule has 0 bridgehead atoms. The molecular formula is C13H20N4O4. The molecular weight excluding hydrogens is 276 g/mol. The fourth-order valence-electron chi connectivity index (χ4n) is 2.96. The predicted molar refractivity (Wildman–Crippen MR) is 73.0 cm³/mol. The SMILES string of the molecule is CC(=O)[C@H](C)C(=O)N1C(=O)N(C)[C@@]2(C)N(C)C(=O)N[C@]12C. The van der Waals surface area contributed by atoms with E-state index < -0.39 is 29.2 Å². The molecule has 21 heavy (non-hydrogen) atoms. The maximum absolute atomic E-state index is 12.5. The molecule has 0 unspecified atom stereocenters. The Labute approximate surface area is 123 Å². The van der Waals surface area contributed by atoms with Crippen molar-refractivity contribution in [2.24, 2.45) is 5.92 Å². The Hall–Kier alpha value is -2.12. The summed E-state index contributed by atoms with van der Waals surface area (Å²) in [6.07, 6.45) is 0. The second kappa shape index (κ2) is 4.19. The minimum atomic E-state index is -1.23. The first kappa shape index (κ1) is 15.3. The highest BCUT2D eigenvalue weighted by Crippen LogP contribution is 2.45. The number of carbonyl (C=O) groups excluding carboxylic acids is 4. The Morgan fingerprint density at radius 1 is 1.14 bits per heavy atom. The van der Waals surface area contributed by atoms with Crippen molar-refractivity contribution in [3.05, 3.63) is 0 Å². The first-order valence-corrected chi connectivity index (χ1v) is 6.68. The van der Waals surface area contributed by atoms with Crippen LogP contribution in [0.1, 0.15) is 27.7 Å². The van der Waals surface area contributed by atoms with E-state index >= 15 is 0 Å². The van der Waals surface area contributed by atoms with Gasteiger partial charge in [-0.3, -0.25) is 9.59 Å². The van der Waals surface area contributed by atoms with Gasteiger partial charge in [-0.05, 0) is 27.7 Å². The van der Waals surface area contributed by atoms with Crippen molar-refractivity contribution in [2.45, 2.75) is 39.0 Å². The molecule has 2 aliphatic rings. The number of urea groups is 2. The summed E-state index contributed by atoms with van der Waals surface area (Å²) in [7, 11) is 3.09. The zero-order valence-corrected chi connectivity index (χ0v) is 13.1. The first-order chi connectivity index (χ1) is 9.50. The van der Waals surface area contributed by atoms with Gasteiger partial charge in [0, 0.05) is 14.1 Å². The number of amides is 5. The quantitative estimate of drug-likeness (QED) is 0.737. The minimum absolute atomic E-state index is 0.328. The highest BCUT2D eigenvalue weighted by atomic mass is 16.2. The fraction of sp³-hybridized carbons (Fsp3) is 0.692. The minimum Gasteiger partial charge on any atom is -0.311 e. The van der Waals surface area contributed by atoms with Gasteiger partial charge in [0.05, 0.1) is 5.92 Å². The van der Waals surface area contributed by atoms with E-state index in [-0.39, 0.29) is 11.8 Å². The molecule has 0 aromatic carbocycles. The molecule has 3 atom stereocenters. The van der Waals surface area contributed by atoms with Crippen molar-refractivity contribution in [2.75, 3.05) is 14.1 Å². The summed E-state index contributed by atoms with van der Waals surface area (Å²) < 4.78 is 0. The smallest absolute Gasteiger partial charge is 0.311 e. The monoisotopic (exact) mass is 296 g/mol. The molecule has 8 heteroatoms. The number of hydrogen-bond acceptors (Lipinski definition) is 4. The normalized spacial score (nSPS) is 33.1. The Morgan fingerprint density at radius 2 is 1.67 bits per heavy atom. The van der Waals surface area contributed by atoms with Crippen LogP contribution in [0.5, 0.6) is 0 Å². The number of likely N-dealkylation sites (N-methyl/N-ethyl adjacent to an activating group) is 2. The van der Waals surface area contributed by atoms with Crippen LogP contribution in [0.4, 0.5) is 9.59 Å². The van der Waals surface area contributed by atoms with Crippen LogP contribution in [0.15, 0.2) is 0 Å². The summed E-state index contributed by atoms with van der Waals surface area (Å²) >= 11 is 0. The zero-order chi connectivity index (χ0) is 16.3. The van der Waals surface area contributed by atoms with Crippen LogP contribution in [0.2, 0.25) is 0 Å². The summed E-state index contributed by atoms with van der Waals surface area (Å²) in [5, 5.41) is 2.69. The fourth-order valence-corrected chi connectivity index (χ4v) is 2.96. The molecule has 0 aromatic rings. The molecule has 8 nitrogen and oxygen atoms in total. The molecule has 2 aliphatic heterocycles. The lowest BCUT2D eigenvalue weighted by Gasteiger charge is -2.41. The molecule has 1 N–H and O–H groups in total. The van der Waals surface area contributed by atoms with E-state index in [1.54, 1.807) is 20.9 Å². The van der Waals surface area contributed by atoms with Gasteiger partial charge in [0.2, 0.25) is 5.91 Å². The lowest BCUT2D eigenvalue weighted by atomic mass is 9.95. The highest BCUT2D eigenvalue weighted by molar-refractivity contribution is 6.08. The number of fused-ring (bicyclic) bond motifs is 1. The van der Waals surface area contributed by atoms with E-state index in [0.717, 1.165) is 4.90 Å². The molecule has 2 heterocycles. The van der Waals surface area contributed by atoms with Crippen molar-refractivity contribution in [3.63, 3.8) is 0 Å². The number of nitrogens with zero attached hydrogens (tertiary/aromatic N) is 3. The molecule has 5 amide bonds. The number of carbonyl (C=O) groups is 4. The number of imide groups is 1. The van der Waals surface area contributed by atoms with Gasteiger partial charge >= 0.3 is 12.1 Å². The van der Waals surface area contributed by atoms with E-state index in [1.807, 2.05) is 0 Å². The van der Waals surface area contributed by atoms with E-state index in [0.29, 0.717) is 0 Å². The Balaban J connectivity index is 2.54. The summed E-state index contributed by atoms with van der Waals surface area (Å²) in [6, 6.07) is -0.919. The van der Waals surface area contributed by atoms with Gasteiger partial charge in [0.25, 0.3) is 0 Å². The largest absolute Gasteiger partial charge is 0.330 e. The number of ketones is 1. The summed E-state index contributed by atoms with van der Waals surface area (Å²) in [5.74, 6) is -1.88. The summed E-state index contributed by atoms with van der Waals surface area (Å²) in [6.45, 7) is 6.07.